The van der Waals surface area contributed by atoms with E-state index in [-0.39, 0.29) is 0 Å². The number of rotatable bonds is 2. The highest BCUT2D eigenvalue weighted by molar-refractivity contribution is 6.22. The van der Waals surface area contributed by atoms with Crippen molar-refractivity contribution in [2.45, 2.75) is 0 Å². The summed E-state index contributed by atoms with van der Waals surface area (Å²) in [5.74, 6) is -2.25. The molecule has 0 fully saturated rings. The van der Waals surface area contributed by atoms with Crippen LogP contribution in [-0.2, 0) is 9.53 Å². The van der Waals surface area contributed by atoms with Crippen LogP contribution in [0.4, 0.5) is 4.39 Å². The second kappa shape index (κ2) is 3.76. The molecule has 0 aromatic heterocycles. The fraction of sp³-hybridized carbons (Fsp3) is 0.250. The summed E-state index contributed by atoms with van der Waals surface area (Å²) in [6.07, 6.45) is 0. The highest BCUT2D eigenvalue weighted by atomic mass is 19.1. The molecule has 56 valence electrons. The first kappa shape index (κ1) is 8.80. The number of esters is 1. The Morgan fingerprint density at radius 1 is 1.60 bits per heavy atom. The zero-order valence-corrected chi connectivity index (χ0v) is 5.30. The van der Waals surface area contributed by atoms with Crippen LogP contribution in [0.2, 0.25) is 0 Å². The van der Waals surface area contributed by atoms with Crippen molar-refractivity contribution < 1.29 is 24.1 Å². The number of carbonyl (C=O) groups is 1. The summed E-state index contributed by atoms with van der Waals surface area (Å²) in [5.41, 5.74) is -0.599. The highest BCUT2D eigenvalue weighted by Crippen LogP contribution is 1.95. The minimum atomic E-state index is -1.32. The molecule has 0 saturated carbocycles. The molecule has 2 N–H and O–H groups in total. The van der Waals surface area contributed by atoms with E-state index in [0.29, 0.717) is 0 Å². The Balaban J connectivity index is 4.09. The first-order valence-corrected chi connectivity index (χ1v) is 2.41. The molecule has 0 atom stereocenters. The van der Waals surface area contributed by atoms with E-state index < -0.39 is 24.2 Å². The Labute approximate surface area is 57.3 Å². The van der Waals surface area contributed by atoms with Gasteiger partial charge in [-0.05, 0) is 0 Å². The predicted octanol–water partition coefficient (Wildman–Crippen LogP) is -0.625. The van der Waals surface area contributed by atoms with E-state index in [9.17, 15) is 9.18 Å². The summed E-state index contributed by atoms with van der Waals surface area (Å²) < 4.78 is 14.9. The molecule has 0 unspecified atom stereocenters. The van der Waals surface area contributed by atoms with E-state index in [2.05, 4.69) is 4.74 Å². The molecular weight excluding hydrogens is 142 g/mol. The Bertz CT molecular complexity index is 163. The molecule has 0 aliphatic rings. The second-order valence-electron chi connectivity index (χ2n) is 1.47. The van der Waals surface area contributed by atoms with Crippen molar-refractivity contribution in [2.75, 3.05) is 6.86 Å². The van der Waals surface area contributed by atoms with Crippen LogP contribution in [0.3, 0.4) is 0 Å². The van der Waals surface area contributed by atoms with Gasteiger partial charge in [0.25, 0.3) is 0 Å². The zero-order chi connectivity index (χ0) is 8.15. The number of hydrogen-bond donors (Lipinski definition) is 2. The lowest BCUT2D eigenvalue weighted by Gasteiger charge is -1.98. The van der Waals surface area contributed by atoms with Crippen molar-refractivity contribution in [3.8, 4) is 0 Å². The number of alkyl halides is 1. The van der Waals surface area contributed by atoms with Crippen LogP contribution < -0.4 is 0 Å². The molecule has 0 bridgehead atoms. The molecule has 0 aliphatic carbocycles. The molecule has 0 rings (SSSR count). The van der Waals surface area contributed by atoms with E-state index in [4.69, 9.17) is 10.2 Å². The number of aliphatic hydroxyl groups is 2. The Morgan fingerprint density at radius 2 is 2.10 bits per heavy atom. The maximum absolute atomic E-state index is 11.2. The summed E-state index contributed by atoms with van der Waals surface area (Å²) in [6.45, 7) is -1.32. The van der Waals surface area contributed by atoms with E-state index in [1.54, 1.807) is 0 Å². The zero-order valence-electron chi connectivity index (χ0n) is 5.30. The molecular formula is C4H6BFO4. The van der Waals surface area contributed by atoms with Gasteiger partial charge < -0.3 is 14.9 Å². The van der Waals surface area contributed by atoms with E-state index in [1.165, 1.54) is 0 Å². The summed E-state index contributed by atoms with van der Waals surface area (Å²) >= 11 is 0. The monoisotopic (exact) mass is 148 g/mol. The lowest BCUT2D eigenvalue weighted by molar-refractivity contribution is -0.146. The Morgan fingerprint density at radius 3 is 2.40 bits per heavy atom. The van der Waals surface area contributed by atoms with Gasteiger partial charge in [-0.15, -0.1) is 0 Å². The van der Waals surface area contributed by atoms with Gasteiger partial charge in [0.05, 0.1) is 5.66 Å². The molecule has 0 radical (unpaired) electrons. The third kappa shape index (κ3) is 2.39. The van der Waals surface area contributed by atoms with Gasteiger partial charge in [-0.3, -0.25) is 0 Å². The molecule has 0 saturated heterocycles. The summed E-state index contributed by atoms with van der Waals surface area (Å²) in [5, 5.41) is 16.9. The minimum Gasteiger partial charge on any atom is -0.519 e. The van der Waals surface area contributed by atoms with E-state index in [0.717, 1.165) is 7.85 Å². The highest BCUT2D eigenvalue weighted by Gasteiger charge is 2.11. The average molecular weight is 148 g/mol. The van der Waals surface area contributed by atoms with Gasteiger partial charge in [-0.25, -0.2) is 9.18 Å². The lowest BCUT2D eigenvalue weighted by Crippen LogP contribution is -2.09. The minimum absolute atomic E-state index is 0.599. The largest absolute Gasteiger partial charge is 0.519 e. The van der Waals surface area contributed by atoms with Gasteiger partial charge in [0.2, 0.25) is 12.6 Å². The number of aliphatic hydroxyl groups excluding tert-OH is 2. The molecule has 0 heterocycles. The SMILES string of the molecule is B/C(O)=C(/O)C(=O)OCF. The maximum atomic E-state index is 11.2. The molecule has 0 aromatic carbocycles. The molecule has 0 aliphatic heterocycles. The van der Waals surface area contributed by atoms with Crippen molar-refractivity contribution in [1.29, 1.82) is 0 Å². The van der Waals surface area contributed by atoms with Crippen molar-refractivity contribution in [2.24, 2.45) is 0 Å². The fourth-order valence-corrected chi connectivity index (χ4v) is 0.266. The van der Waals surface area contributed by atoms with Crippen LogP contribution >= 0.6 is 0 Å². The van der Waals surface area contributed by atoms with Crippen LogP contribution in [-0.4, -0.2) is 30.9 Å². The van der Waals surface area contributed by atoms with Gasteiger partial charge in [0.15, 0.2) is 7.85 Å². The molecule has 6 heteroatoms. The maximum Gasteiger partial charge on any atom is 0.378 e. The summed E-state index contributed by atoms with van der Waals surface area (Å²) in [7, 11) is 1.08. The molecule has 0 spiro atoms. The number of carbonyl (C=O) groups excluding carboxylic acids is 1. The van der Waals surface area contributed by atoms with Crippen LogP contribution in [0.15, 0.2) is 11.4 Å². The standard InChI is InChI=1S/C4H6BFO4/c5-3(8)2(7)4(9)10-1-6/h7-8H,1,5H2/b3-2-. The number of ether oxygens (including phenoxy) is 1. The summed E-state index contributed by atoms with van der Waals surface area (Å²) in [6, 6.07) is 0. The third-order valence-corrected chi connectivity index (χ3v) is 0.722. The van der Waals surface area contributed by atoms with Crippen molar-refractivity contribution in [1.82, 2.24) is 0 Å². The van der Waals surface area contributed by atoms with E-state index in [1.807, 2.05) is 0 Å². The van der Waals surface area contributed by atoms with Crippen molar-refractivity contribution >= 4 is 13.8 Å². The van der Waals surface area contributed by atoms with E-state index >= 15 is 0 Å². The van der Waals surface area contributed by atoms with Crippen LogP contribution in [0.1, 0.15) is 0 Å². The van der Waals surface area contributed by atoms with Crippen molar-refractivity contribution in [3.63, 3.8) is 0 Å². The molecule has 0 aromatic rings. The summed E-state index contributed by atoms with van der Waals surface area (Å²) in [4.78, 5) is 10.3. The van der Waals surface area contributed by atoms with Gasteiger partial charge in [-0.1, -0.05) is 0 Å². The quantitative estimate of drug-likeness (QED) is 0.237. The van der Waals surface area contributed by atoms with Crippen LogP contribution in [0.5, 0.6) is 0 Å². The normalized spacial score (nSPS) is 12.1. The first-order valence-electron chi connectivity index (χ1n) is 2.41. The van der Waals surface area contributed by atoms with Gasteiger partial charge in [-0.2, -0.15) is 0 Å². The lowest BCUT2D eigenvalue weighted by atomic mass is 10.1. The van der Waals surface area contributed by atoms with Gasteiger partial charge in [0.1, 0.15) is 0 Å². The third-order valence-electron chi connectivity index (χ3n) is 0.722. The fourth-order valence-electron chi connectivity index (χ4n) is 0.266. The van der Waals surface area contributed by atoms with Crippen LogP contribution in [0.25, 0.3) is 0 Å². The van der Waals surface area contributed by atoms with Gasteiger partial charge in [0, 0.05) is 0 Å². The predicted molar refractivity (Wildman–Crippen MR) is 32.9 cm³/mol. The number of halogens is 1. The first-order chi connectivity index (χ1) is 4.59. The molecule has 0 amide bonds. The smallest absolute Gasteiger partial charge is 0.378 e. The average Bonchev–Trinajstić information content (AvgIpc) is 1.87. The van der Waals surface area contributed by atoms with Crippen molar-refractivity contribution in [3.05, 3.63) is 11.4 Å². The Kier molecular flexibility index (Phi) is 3.31. The molecule has 10 heavy (non-hydrogen) atoms. The Hall–Kier alpha value is -1.20. The molecule has 4 nitrogen and oxygen atoms in total. The topological polar surface area (TPSA) is 66.8 Å². The second-order valence-corrected chi connectivity index (χ2v) is 1.47. The number of hydrogen-bond acceptors (Lipinski definition) is 4. The van der Waals surface area contributed by atoms with Gasteiger partial charge >= 0.3 is 5.97 Å². The van der Waals surface area contributed by atoms with Crippen LogP contribution in [0, 0.1) is 0 Å².